The van der Waals surface area contributed by atoms with Gasteiger partial charge in [-0.3, -0.25) is 4.79 Å². The summed E-state index contributed by atoms with van der Waals surface area (Å²) in [6, 6.07) is -0.935. The van der Waals surface area contributed by atoms with E-state index in [9.17, 15) is 15.0 Å². The van der Waals surface area contributed by atoms with E-state index < -0.39 is 43.2 Å². The molecule has 1 heterocycles. The van der Waals surface area contributed by atoms with Crippen LogP contribution in [0, 0.1) is 0 Å². The third-order valence-electron chi connectivity index (χ3n) is 3.02. The molecule has 1 saturated heterocycles. The van der Waals surface area contributed by atoms with Gasteiger partial charge in [-0.05, 0) is 0 Å². The first-order chi connectivity index (χ1) is 10.0. The van der Waals surface area contributed by atoms with Crippen LogP contribution in [0.2, 0.25) is 0 Å². The Bertz CT molecular complexity index is 318. The van der Waals surface area contributed by atoms with E-state index in [1.165, 1.54) is 6.92 Å². The van der Waals surface area contributed by atoms with Gasteiger partial charge in [0.2, 0.25) is 5.91 Å². The van der Waals surface area contributed by atoms with Gasteiger partial charge in [-0.1, -0.05) is 0 Å². The summed E-state index contributed by atoms with van der Waals surface area (Å²) >= 11 is 0. The summed E-state index contributed by atoms with van der Waals surface area (Å²) in [4.78, 5) is 11.2. The van der Waals surface area contributed by atoms with Crippen LogP contribution in [-0.4, -0.2) is 84.8 Å². The molecule has 0 radical (unpaired) electrons. The van der Waals surface area contributed by atoms with Gasteiger partial charge in [-0.25, -0.2) is 0 Å². The lowest BCUT2D eigenvalue weighted by Crippen LogP contribution is -2.64. The monoisotopic (exact) mass is 308 g/mol. The quantitative estimate of drug-likeness (QED) is 0.297. The number of aliphatic hydroxyl groups is 3. The number of nitrogens with two attached hydrogens (primary N) is 1. The van der Waals surface area contributed by atoms with Crippen molar-refractivity contribution in [3.05, 3.63) is 0 Å². The molecular formula is C12H24N2O7. The zero-order valence-electron chi connectivity index (χ0n) is 12.0. The fourth-order valence-electron chi connectivity index (χ4n) is 2.02. The van der Waals surface area contributed by atoms with E-state index in [0.717, 1.165) is 0 Å². The number of rotatable bonds is 8. The minimum absolute atomic E-state index is 0.154. The van der Waals surface area contributed by atoms with Crippen molar-refractivity contribution < 1.29 is 34.3 Å². The molecule has 21 heavy (non-hydrogen) atoms. The van der Waals surface area contributed by atoms with Crippen LogP contribution in [0.5, 0.6) is 0 Å². The summed E-state index contributed by atoms with van der Waals surface area (Å²) < 4.78 is 15.9. The smallest absolute Gasteiger partial charge is 0.217 e. The molecule has 1 aliphatic heterocycles. The summed E-state index contributed by atoms with van der Waals surface area (Å²) in [7, 11) is 0. The molecule has 1 amide bonds. The molecule has 0 aromatic rings. The fraction of sp³-hybridized carbons (Fsp3) is 0.917. The van der Waals surface area contributed by atoms with Gasteiger partial charge in [0.05, 0.1) is 26.4 Å². The van der Waals surface area contributed by atoms with Gasteiger partial charge in [0.15, 0.2) is 6.29 Å². The zero-order chi connectivity index (χ0) is 15.8. The molecule has 1 fully saturated rings. The van der Waals surface area contributed by atoms with Gasteiger partial charge in [-0.15, -0.1) is 0 Å². The van der Waals surface area contributed by atoms with Crippen LogP contribution in [0.4, 0.5) is 0 Å². The van der Waals surface area contributed by atoms with E-state index in [0.29, 0.717) is 13.2 Å². The molecule has 0 aromatic heterocycles. The number of ether oxygens (including phenoxy) is 3. The lowest BCUT2D eigenvalue weighted by atomic mass is 9.97. The Morgan fingerprint density at radius 3 is 2.57 bits per heavy atom. The Kier molecular flexibility index (Phi) is 8.04. The molecule has 0 bridgehead atoms. The average Bonchev–Trinajstić information content (AvgIpc) is 2.45. The predicted octanol–water partition coefficient (Wildman–Crippen LogP) is -3.08. The van der Waals surface area contributed by atoms with E-state index in [2.05, 4.69) is 5.32 Å². The summed E-state index contributed by atoms with van der Waals surface area (Å²) in [5, 5.41) is 31.4. The maximum atomic E-state index is 11.2. The van der Waals surface area contributed by atoms with Crippen molar-refractivity contribution in [1.82, 2.24) is 5.32 Å². The van der Waals surface area contributed by atoms with Crippen molar-refractivity contribution >= 4 is 5.91 Å². The minimum atomic E-state index is -1.32. The number of amides is 1. The predicted molar refractivity (Wildman–Crippen MR) is 71.2 cm³/mol. The van der Waals surface area contributed by atoms with Gasteiger partial charge in [-0.2, -0.15) is 0 Å². The maximum absolute atomic E-state index is 11.2. The lowest BCUT2D eigenvalue weighted by Gasteiger charge is -2.42. The van der Waals surface area contributed by atoms with Crippen LogP contribution >= 0.6 is 0 Å². The summed E-state index contributed by atoms with van der Waals surface area (Å²) in [6.45, 7) is 2.01. The molecule has 1 unspecified atom stereocenters. The van der Waals surface area contributed by atoms with Crippen molar-refractivity contribution in [2.45, 2.75) is 37.6 Å². The first-order valence-electron chi connectivity index (χ1n) is 6.80. The van der Waals surface area contributed by atoms with Crippen LogP contribution in [-0.2, 0) is 19.0 Å². The Morgan fingerprint density at radius 1 is 1.29 bits per heavy atom. The number of aliphatic hydroxyl groups excluding tert-OH is 3. The van der Waals surface area contributed by atoms with E-state index in [4.69, 9.17) is 25.1 Å². The first kappa shape index (κ1) is 18.2. The summed E-state index contributed by atoms with van der Waals surface area (Å²) in [5.74, 6) is -0.398. The second-order valence-corrected chi connectivity index (χ2v) is 4.70. The van der Waals surface area contributed by atoms with Crippen LogP contribution in [0.25, 0.3) is 0 Å². The summed E-state index contributed by atoms with van der Waals surface area (Å²) in [6.07, 6.45) is -4.61. The second kappa shape index (κ2) is 9.26. The van der Waals surface area contributed by atoms with Crippen LogP contribution < -0.4 is 11.1 Å². The molecule has 0 saturated carbocycles. The highest BCUT2D eigenvalue weighted by atomic mass is 16.7. The van der Waals surface area contributed by atoms with E-state index in [1.54, 1.807) is 0 Å². The topological polar surface area (TPSA) is 144 Å². The molecule has 0 aromatic carbocycles. The Labute approximate surface area is 123 Å². The van der Waals surface area contributed by atoms with Crippen LogP contribution in [0.1, 0.15) is 6.92 Å². The van der Waals surface area contributed by atoms with Crippen LogP contribution in [0.3, 0.4) is 0 Å². The molecule has 5 atom stereocenters. The second-order valence-electron chi connectivity index (χ2n) is 4.70. The number of hydrogen-bond acceptors (Lipinski definition) is 8. The van der Waals surface area contributed by atoms with E-state index in [1.807, 2.05) is 0 Å². The van der Waals surface area contributed by atoms with Crippen LogP contribution in [0.15, 0.2) is 0 Å². The minimum Gasteiger partial charge on any atom is -0.394 e. The Hall–Kier alpha value is -0.810. The number of hydrogen-bond donors (Lipinski definition) is 5. The number of carbonyl (C=O) groups excluding carboxylic acids is 1. The Balaban J connectivity index is 2.58. The van der Waals surface area contributed by atoms with Crippen molar-refractivity contribution in [2.24, 2.45) is 5.73 Å². The molecule has 9 nitrogen and oxygen atoms in total. The van der Waals surface area contributed by atoms with Crippen molar-refractivity contribution in [3.8, 4) is 0 Å². The zero-order valence-corrected chi connectivity index (χ0v) is 12.0. The van der Waals surface area contributed by atoms with Crippen molar-refractivity contribution in [1.29, 1.82) is 0 Å². The number of nitrogens with one attached hydrogen (secondary N) is 1. The molecular weight excluding hydrogens is 284 g/mol. The van der Waals surface area contributed by atoms with Gasteiger partial charge in [0.25, 0.3) is 0 Å². The standard InChI is InChI=1S/C12H24N2O7/c1-7(16)14-9-11(18)10(17)8(6-15)21-12(9)20-5-4-19-3-2-13/h8-12,15,17-18H,2-6,13H2,1H3,(H,14,16)/t8?,9-,10+,11-,12-/m1/s1. The van der Waals surface area contributed by atoms with Gasteiger partial charge in [0.1, 0.15) is 24.4 Å². The molecule has 1 aliphatic rings. The van der Waals surface area contributed by atoms with E-state index in [-0.39, 0.29) is 13.2 Å². The Morgan fingerprint density at radius 2 is 2.00 bits per heavy atom. The molecule has 124 valence electrons. The molecule has 0 aliphatic carbocycles. The summed E-state index contributed by atoms with van der Waals surface area (Å²) in [5.41, 5.74) is 5.27. The van der Waals surface area contributed by atoms with Crippen molar-refractivity contribution in [2.75, 3.05) is 33.0 Å². The molecule has 6 N–H and O–H groups in total. The lowest BCUT2D eigenvalue weighted by molar-refractivity contribution is -0.272. The molecule has 9 heteroatoms. The third kappa shape index (κ3) is 5.47. The highest BCUT2D eigenvalue weighted by molar-refractivity contribution is 5.73. The SMILES string of the molecule is CC(=O)N[C@H]1[C@H](OCCOCCN)OC(CO)[C@H](O)[C@@H]1O. The van der Waals surface area contributed by atoms with E-state index >= 15 is 0 Å². The van der Waals surface area contributed by atoms with Crippen molar-refractivity contribution in [3.63, 3.8) is 0 Å². The first-order valence-corrected chi connectivity index (χ1v) is 6.80. The van der Waals surface area contributed by atoms with Gasteiger partial charge in [0, 0.05) is 13.5 Å². The third-order valence-corrected chi connectivity index (χ3v) is 3.02. The van der Waals surface area contributed by atoms with Gasteiger partial charge >= 0.3 is 0 Å². The molecule has 0 spiro atoms. The average molecular weight is 308 g/mol. The van der Waals surface area contributed by atoms with Gasteiger partial charge < -0.3 is 40.6 Å². The highest BCUT2D eigenvalue weighted by Crippen LogP contribution is 2.22. The molecule has 1 rings (SSSR count). The maximum Gasteiger partial charge on any atom is 0.217 e. The largest absolute Gasteiger partial charge is 0.394 e. The normalized spacial score (nSPS) is 32.9. The fourth-order valence-corrected chi connectivity index (χ4v) is 2.02. The number of carbonyl (C=O) groups is 1. The highest BCUT2D eigenvalue weighted by Gasteiger charge is 2.45.